The van der Waals surface area contributed by atoms with E-state index in [9.17, 15) is 9.90 Å². The van der Waals surface area contributed by atoms with Crippen LogP contribution in [0.5, 0.6) is 5.75 Å². The third-order valence-corrected chi connectivity index (χ3v) is 8.66. The number of morpholine rings is 1. The van der Waals surface area contributed by atoms with Crippen LogP contribution in [0.3, 0.4) is 0 Å². The van der Waals surface area contributed by atoms with Gasteiger partial charge in [-0.3, -0.25) is 14.3 Å². The third-order valence-electron chi connectivity index (χ3n) is 8.66. The van der Waals surface area contributed by atoms with E-state index in [0.29, 0.717) is 35.6 Å². The van der Waals surface area contributed by atoms with Gasteiger partial charge in [0.15, 0.2) is 17.0 Å². The first-order valence-corrected chi connectivity index (χ1v) is 15.4. The maximum absolute atomic E-state index is 13.0. The highest BCUT2D eigenvalue weighted by atomic mass is 16.5. The lowest BCUT2D eigenvalue weighted by Crippen LogP contribution is -2.57. The van der Waals surface area contributed by atoms with Crippen LogP contribution in [0.4, 0.5) is 5.82 Å². The van der Waals surface area contributed by atoms with Gasteiger partial charge in [-0.1, -0.05) is 91.0 Å². The van der Waals surface area contributed by atoms with Gasteiger partial charge in [0.1, 0.15) is 18.3 Å². The summed E-state index contributed by atoms with van der Waals surface area (Å²) in [6.45, 7) is 0.686. The fourth-order valence-corrected chi connectivity index (χ4v) is 6.51. The van der Waals surface area contributed by atoms with Crippen molar-refractivity contribution >= 4 is 22.9 Å². The number of nitrogens with zero attached hydrogens (tertiary/aromatic N) is 5. The Morgan fingerprint density at radius 3 is 2.09 bits per heavy atom. The van der Waals surface area contributed by atoms with Crippen LogP contribution >= 0.6 is 0 Å². The molecule has 236 valence electrons. The van der Waals surface area contributed by atoms with Crippen molar-refractivity contribution in [1.29, 1.82) is 0 Å². The predicted octanol–water partition coefficient (Wildman–Crippen LogP) is 5.27. The molecule has 0 unspecified atom stereocenters. The number of ether oxygens (including phenoxy) is 2. The molecule has 0 spiro atoms. The summed E-state index contributed by atoms with van der Waals surface area (Å²) in [5, 5.41) is 13.4. The van der Waals surface area contributed by atoms with E-state index in [-0.39, 0.29) is 12.5 Å². The van der Waals surface area contributed by atoms with Gasteiger partial charge in [0.2, 0.25) is 0 Å². The number of rotatable bonds is 9. The Kier molecular flexibility index (Phi) is 8.45. The van der Waals surface area contributed by atoms with E-state index in [4.69, 9.17) is 9.47 Å². The molecule has 10 heteroatoms. The first kappa shape index (κ1) is 30.2. The number of hydrogen-bond acceptors (Lipinski definition) is 8. The normalized spacial score (nSPS) is 17.0. The number of carbonyl (C=O) groups excluding carboxylic acids is 1. The topological polar surface area (TPSA) is 115 Å². The highest BCUT2D eigenvalue weighted by Crippen LogP contribution is 2.45. The zero-order chi connectivity index (χ0) is 32.2. The van der Waals surface area contributed by atoms with Crippen LogP contribution in [0.25, 0.3) is 11.2 Å². The second-order valence-electron chi connectivity index (χ2n) is 11.3. The number of amides is 1. The molecule has 1 fully saturated rings. The first-order chi connectivity index (χ1) is 23.1. The largest absolute Gasteiger partial charge is 0.497 e. The Morgan fingerprint density at radius 2 is 1.47 bits per heavy atom. The second-order valence-corrected chi connectivity index (χ2v) is 11.3. The van der Waals surface area contributed by atoms with Gasteiger partial charge in [0.25, 0.3) is 5.91 Å². The maximum atomic E-state index is 13.0. The van der Waals surface area contributed by atoms with Crippen molar-refractivity contribution in [2.45, 2.75) is 17.9 Å². The van der Waals surface area contributed by atoms with Crippen LogP contribution < -0.4 is 10.1 Å². The fraction of sp³-hybridized carbons (Fsp3) is 0.189. The Hall–Kier alpha value is -5.42. The summed E-state index contributed by atoms with van der Waals surface area (Å²) < 4.78 is 13.9. The van der Waals surface area contributed by atoms with E-state index >= 15 is 0 Å². The Labute approximate surface area is 272 Å². The smallest absolute Gasteiger partial charge is 0.256 e. The number of nitrogens with one attached hydrogen (secondary N) is 1. The molecule has 4 aromatic carbocycles. The molecule has 6 aromatic rings. The minimum atomic E-state index is -0.759. The van der Waals surface area contributed by atoms with Gasteiger partial charge in [0.05, 0.1) is 31.7 Å². The van der Waals surface area contributed by atoms with Crippen LogP contribution in [0.1, 0.15) is 33.3 Å². The summed E-state index contributed by atoms with van der Waals surface area (Å²) >= 11 is 0. The summed E-state index contributed by atoms with van der Waals surface area (Å²) in [6.07, 6.45) is 1.96. The number of aliphatic hydroxyl groups excluding tert-OH is 1. The summed E-state index contributed by atoms with van der Waals surface area (Å²) in [4.78, 5) is 28.8. The minimum Gasteiger partial charge on any atom is -0.497 e. The molecule has 3 heterocycles. The molecule has 0 saturated carbocycles. The molecular weight excluding hydrogens is 592 g/mol. The molecule has 7 rings (SSSR count). The average molecular weight is 627 g/mol. The highest BCUT2D eigenvalue weighted by Gasteiger charge is 2.46. The second kappa shape index (κ2) is 13.1. The number of aliphatic hydroxyl groups is 1. The lowest BCUT2D eigenvalue weighted by atomic mass is 9.75. The predicted molar refractivity (Wildman–Crippen MR) is 178 cm³/mol. The van der Waals surface area contributed by atoms with Crippen molar-refractivity contribution in [3.8, 4) is 5.75 Å². The standard InChI is InChI=1S/C37H34N6O4/c1-46-30-19-17-29(18-20-30)37(27-13-7-3-8-14-27,28-15-9-4-10-16-28)42-21-31(23-44)47-32(22-42)43-25-40-33-34(38-24-39-35(33)43)41-36(45)26-11-5-2-6-12-26/h2-20,24-25,31-32,44H,21-23H2,1H3,(H,38,39,41,45)/t31-,32+/m0/s1. The van der Waals surface area contributed by atoms with Crippen LogP contribution in [-0.4, -0.2) is 68.3 Å². The van der Waals surface area contributed by atoms with Crippen LogP contribution in [0.15, 0.2) is 128 Å². The van der Waals surface area contributed by atoms with Crippen LogP contribution in [0.2, 0.25) is 0 Å². The summed E-state index contributed by atoms with van der Waals surface area (Å²) in [5.74, 6) is 0.766. The molecule has 47 heavy (non-hydrogen) atoms. The highest BCUT2D eigenvalue weighted by molar-refractivity contribution is 6.06. The van der Waals surface area contributed by atoms with Crippen molar-refractivity contribution in [2.24, 2.45) is 0 Å². The number of carbonyl (C=O) groups is 1. The molecule has 2 N–H and O–H groups in total. The molecule has 1 amide bonds. The van der Waals surface area contributed by atoms with E-state index in [1.807, 2.05) is 59.2 Å². The van der Waals surface area contributed by atoms with Gasteiger partial charge >= 0.3 is 0 Å². The molecule has 2 atom stereocenters. The number of aromatic nitrogens is 4. The first-order valence-electron chi connectivity index (χ1n) is 15.4. The molecule has 1 saturated heterocycles. The number of anilines is 1. The van der Waals surface area contributed by atoms with E-state index < -0.39 is 17.9 Å². The summed E-state index contributed by atoms with van der Waals surface area (Å²) in [5.41, 5.74) is 3.86. The Morgan fingerprint density at radius 1 is 0.851 bits per heavy atom. The monoisotopic (exact) mass is 626 g/mol. The summed E-state index contributed by atoms with van der Waals surface area (Å²) in [7, 11) is 1.66. The zero-order valence-electron chi connectivity index (χ0n) is 25.8. The lowest BCUT2D eigenvalue weighted by Gasteiger charge is -2.50. The van der Waals surface area contributed by atoms with Gasteiger partial charge < -0.3 is 19.9 Å². The number of methoxy groups -OCH3 is 1. The van der Waals surface area contributed by atoms with E-state index in [1.54, 1.807) is 37.7 Å². The third kappa shape index (κ3) is 5.63. The van der Waals surface area contributed by atoms with Gasteiger partial charge in [-0.05, 0) is 41.0 Å². The Bertz CT molecular complexity index is 1910. The van der Waals surface area contributed by atoms with Crippen molar-refractivity contribution in [2.75, 3.05) is 32.1 Å². The van der Waals surface area contributed by atoms with E-state index in [1.165, 1.54) is 6.33 Å². The number of hydrogen-bond donors (Lipinski definition) is 2. The SMILES string of the molecule is COc1ccc(C(c2ccccc2)(c2ccccc2)N2C[C@@H](CO)O[C@@H](n3cnc4c(NC(=O)c5ccccc5)ncnc43)C2)cc1. The van der Waals surface area contributed by atoms with Crippen LogP contribution in [0, 0.1) is 0 Å². The Balaban J connectivity index is 1.33. The molecule has 0 aliphatic carbocycles. The number of imidazole rings is 1. The quantitative estimate of drug-likeness (QED) is 0.209. The van der Waals surface area contributed by atoms with Gasteiger partial charge in [-0.25, -0.2) is 15.0 Å². The fourth-order valence-electron chi connectivity index (χ4n) is 6.51. The number of benzene rings is 4. The van der Waals surface area contributed by atoms with E-state index in [0.717, 1.165) is 22.4 Å². The van der Waals surface area contributed by atoms with Gasteiger partial charge in [-0.15, -0.1) is 0 Å². The average Bonchev–Trinajstić information content (AvgIpc) is 3.59. The molecule has 1 aliphatic rings. The molecule has 2 aromatic heterocycles. The summed E-state index contributed by atoms with van der Waals surface area (Å²) in [6, 6.07) is 37.8. The molecule has 1 aliphatic heterocycles. The van der Waals surface area contributed by atoms with Crippen molar-refractivity contribution in [3.05, 3.63) is 150 Å². The minimum absolute atomic E-state index is 0.185. The van der Waals surface area contributed by atoms with Crippen molar-refractivity contribution in [1.82, 2.24) is 24.4 Å². The van der Waals surface area contributed by atoms with Crippen molar-refractivity contribution in [3.63, 3.8) is 0 Å². The maximum Gasteiger partial charge on any atom is 0.256 e. The number of fused-ring (bicyclic) bond motifs is 1. The molecule has 0 bridgehead atoms. The zero-order valence-corrected chi connectivity index (χ0v) is 25.8. The molecule has 0 radical (unpaired) electrons. The van der Waals surface area contributed by atoms with Gasteiger partial charge in [-0.2, -0.15) is 0 Å². The van der Waals surface area contributed by atoms with Crippen LogP contribution in [-0.2, 0) is 10.3 Å². The molecular formula is C37H34N6O4. The van der Waals surface area contributed by atoms with E-state index in [2.05, 4.69) is 61.6 Å². The lowest BCUT2D eigenvalue weighted by molar-refractivity contribution is -0.148. The van der Waals surface area contributed by atoms with Gasteiger partial charge in [0, 0.05) is 18.7 Å². The van der Waals surface area contributed by atoms with Crippen molar-refractivity contribution < 1.29 is 19.4 Å². The molecule has 10 nitrogen and oxygen atoms in total.